The van der Waals surface area contributed by atoms with Crippen LogP contribution in [0.4, 0.5) is 13.2 Å². The second-order valence-electron chi connectivity index (χ2n) is 5.30. The number of nitrogens with one attached hydrogen (secondary N) is 1. The van der Waals surface area contributed by atoms with Gasteiger partial charge in [0.15, 0.2) is 0 Å². The molecule has 0 aliphatic rings. The van der Waals surface area contributed by atoms with E-state index in [4.69, 9.17) is 4.74 Å². The molecule has 134 valence electrons. The minimum atomic E-state index is -4.43. The van der Waals surface area contributed by atoms with Crippen molar-refractivity contribution in [2.75, 3.05) is 13.2 Å². The van der Waals surface area contributed by atoms with Crippen molar-refractivity contribution >= 4 is 5.91 Å². The summed E-state index contributed by atoms with van der Waals surface area (Å²) in [6, 6.07) is 10.7. The van der Waals surface area contributed by atoms with Crippen LogP contribution in [0.3, 0.4) is 0 Å². The number of hydrogen-bond acceptors (Lipinski definition) is 3. The largest absolute Gasteiger partial charge is 0.494 e. The molecular formula is C18H18F3NO3. The number of carbonyl (C=O) groups excluding carboxylic acids is 1. The molecule has 7 heteroatoms. The molecule has 0 saturated carbocycles. The van der Waals surface area contributed by atoms with E-state index in [-0.39, 0.29) is 6.54 Å². The van der Waals surface area contributed by atoms with Crippen LogP contribution in [0.1, 0.15) is 34.5 Å². The minimum absolute atomic E-state index is 0.114. The van der Waals surface area contributed by atoms with Gasteiger partial charge >= 0.3 is 6.18 Å². The lowest BCUT2D eigenvalue weighted by atomic mass is 10.1. The fourth-order valence-corrected chi connectivity index (χ4v) is 2.17. The zero-order chi connectivity index (χ0) is 18.4. The Hall–Kier alpha value is -2.54. The molecule has 0 fully saturated rings. The van der Waals surface area contributed by atoms with Crippen LogP contribution in [0.5, 0.6) is 5.75 Å². The number of alkyl halides is 3. The van der Waals surface area contributed by atoms with Crippen molar-refractivity contribution in [1.29, 1.82) is 0 Å². The Morgan fingerprint density at radius 1 is 1.12 bits per heavy atom. The Bertz CT molecular complexity index is 697. The third-order valence-electron chi connectivity index (χ3n) is 3.51. The molecule has 25 heavy (non-hydrogen) atoms. The highest BCUT2D eigenvalue weighted by Gasteiger charge is 2.30. The van der Waals surface area contributed by atoms with Gasteiger partial charge in [0.2, 0.25) is 0 Å². The third kappa shape index (κ3) is 5.22. The van der Waals surface area contributed by atoms with Crippen molar-refractivity contribution in [3.05, 3.63) is 65.2 Å². The van der Waals surface area contributed by atoms with Crippen molar-refractivity contribution < 1.29 is 27.8 Å². The maximum Gasteiger partial charge on any atom is 0.416 e. The third-order valence-corrected chi connectivity index (χ3v) is 3.51. The molecular weight excluding hydrogens is 335 g/mol. The number of rotatable bonds is 6. The van der Waals surface area contributed by atoms with Gasteiger partial charge < -0.3 is 15.2 Å². The molecule has 2 aromatic carbocycles. The molecule has 1 unspecified atom stereocenters. The molecule has 0 radical (unpaired) electrons. The van der Waals surface area contributed by atoms with E-state index in [9.17, 15) is 23.1 Å². The van der Waals surface area contributed by atoms with Crippen LogP contribution >= 0.6 is 0 Å². The van der Waals surface area contributed by atoms with Crippen LogP contribution < -0.4 is 10.1 Å². The number of ether oxygens (including phenoxy) is 1. The molecule has 1 atom stereocenters. The summed E-state index contributed by atoms with van der Waals surface area (Å²) in [7, 11) is 0. The fraction of sp³-hybridized carbons (Fsp3) is 0.278. The predicted molar refractivity (Wildman–Crippen MR) is 86.3 cm³/mol. The number of amides is 1. The lowest BCUT2D eigenvalue weighted by Gasteiger charge is -2.14. The summed E-state index contributed by atoms with van der Waals surface area (Å²) in [6.45, 7) is 2.26. The Morgan fingerprint density at radius 3 is 2.24 bits per heavy atom. The fourth-order valence-electron chi connectivity index (χ4n) is 2.17. The van der Waals surface area contributed by atoms with E-state index in [2.05, 4.69) is 5.32 Å². The molecule has 2 aromatic rings. The molecule has 0 aliphatic heterocycles. The van der Waals surface area contributed by atoms with Gasteiger partial charge in [-0.15, -0.1) is 0 Å². The van der Waals surface area contributed by atoms with E-state index < -0.39 is 23.8 Å². The van der Waals surface area contributed by atoms with Gasteiger partial charge in [-0.3, -0.25) is 4.79 Å². The zero-order valence-corrected chi connectivity index (χ0v) is 13.5. The normalized spacial score (nSPS) is 12.5. The summed E-state index contributed by atoms with van der Waals surface area (Å²) in [5.41, 5.74) is -0.107. The maximum atomic E-state index is 12.5. The zero-order valence-electron chi connectivity index (χ0n) is 13.5. The highest BCUT2D eigenvalue weighted by atomic mass is 19.4. The first-order chi connectivity index (χ1) is 11.8. The van der Waals surface area contributed by atoms with Gasteiger partial charge in [-0.2, -0.15) is 13.2 Å². The standard InChI is InChI=1S/C18H18F3NO3/c1-2-25-15-9-5-13(6-10-15)17(24)22-11-16(23)12-3-7-14(8-4-12)18(19,20)21/h3-10,16,23H,2,11H2,1H3,(H,22,24). The van der Waals surface area contributed by atoms with Gasteiger partial charge in [-0.05, 0) is 48.9 Å². The smallest absolute Gasteiger partial charge is 0.416 e. The van der Waals surface area contributed by atoms with Crippen LogP contribution in [0, 0.1) is 0 Å². The van der Waals surface area contributed by atoms with Gasteiger partial charge in [0.25, 0.3) is 5.91 Å². The first kappa shape index (κ1) is 18.8. The molecule has 0 spiro atoms. The number of aliphatic hydroxyl groups is 1. The van der Waals surface area contributed by atoms with Crippen molar-refractivity contribution in [2.45, 2.75) is 19.2 Å². The monoisotopic (exact) mass is 353 g/mol. The summed E-state index contributed by atoms with van der Waals surface area (Å²) < 4.78 is 42.8. The summed E-state index contributed by atoms with van der Waals surface area (Å²) in [4.78, 5) is 12.0. The molecule has 0 bridgehead atoms. The maximum absolute atomic E-state index is 12.5. The van der Waals surface area contributed by atoms with E-state index in [1.54, 1.807) is 24.3 Å². The van der Waals surface area contributed by atoms with Gasteiger partial charge in [0.05, 0.1) is 18.3 Å². The van der Waals surface area contributed by atoms with E-state index in [1.165, 1.54) is 12.1 Å². The van der Waals surface area contributed by atoms with E-state index >= 15 is 0 Å². The number of benzene rings is 2. The van der Waals surface area contributed by atoms with Crippen molar-refractivity contribution in [3.63, 3.8) is 0 Å². The lowest BCUT2D eigenvalue weighted by molar-refractivity contribution is -0.137. The van der Waals surface area contributed by atoms with Crippen LogP contribution in [0.2, 0.25) is 0 Å². The Morgan fingerprint density at radius 2 is 1.72 bits per heavy atom. The number of halogens is 3. The van der Waals surface area contributed by atoms with Gasteiger partial charge in [-0.1, -0.05) is 12.1 Å². The molecule has 0 aliphatic carbocycles. The molecule has 0 heterocycles. The average Bonchev–Trinajstić information content (AvgIpc) is 2.59. The quantitative estimate of drug-likeness (QED) is 0.835. The SMILES string of the molecule is CCOc1ccc(C(=O)NCC(O)c2ccc(C(F)(F)F)cc2)cc1. The highest BCUT2D eigenvalue weighted by molar-refractivity contribution is 5.94. The summed E-state index contributed by atoms with van der Waals surface area (Å²) in [6.07, 6.45) is -5.53. The first-order valence-corrected chi connectivity index (χ1v) is 7.67. The average molecular weight is 353 g/mol. The Kier molecular flexibility index (Phi) is 6.03. The van der Waals surface area contributed by atoms with Gasteiger partial charge in [-0.25, -0.2) is 0 Å². The van der Waals surface area contributed by atoms with Crippen LogP contribution in [-0.2, 0) is 6.18 Å². The summed E-state index contributed by atoms with van der Waals surface area (Å²) in [5.74, 6) is 0.248. The lowest BCUT2D eigenvalue weighted by Crippen LogP contribution is -2.28. The van der Waals surface area contributed by atoms with Crippen LogP contribution in [0.25, 0.3) is 0 Å². The van der Waals surface area contributed by atoms with E-state index in [1.807, 2.05) is 6.92 Å². The van der Waals surface area contributed by atoms with Crippen molar-refractivity contribution in [1.82, 2.24) is 5.32 Å². The number of aliphatic hydroxyl groups excluding tert-OH is 1. The van der Waals surface area contributed by atoms with Crippen molar-refractivity contribution in [3.8, 4) is 5.75 Å². The molecule has 4 nitrogen and oxygen atoms in total. The summed E-state index contributed by atoms with van der Waals surface area (Å²) >= 11 is 0. The number of hydrogen-bond donors (Lipinski definition) is 2. The second kappa shape index (κ2) is 8.02. The Balaban J connectivity index is 1.92. The molecule has 2 rings (SSSR count). The first-order valence-electron chi connectivity index (χ1n) is 7.67. The van der Waals surface area contributed by atoms with Gasteiger partial charge in [0.1, 0.15) is 5.75 Å². The topological polar surface area (TPSA) is 58.6 Å². The molecule has 0 saturated heterocycles. The predicted octanol–water partition coefficient (Wildman–Crippen LogP) is 3.57. The molecule has 0 aromatic heterocycles. The minimum Gasteiger partial charge on any atom is -0.494 e. The van der Waals surface area contributed by atoms with Crippen molar-refractivity contribution in [2.24, 2.45) is 0 Å². The Labute approximate surface area is 143 Å². The van der Waals surface area contributed by atoms with Crippen LogP contribution in [-0.4, -0.2) is 24.2 Å². The van der Waals surface area contributed by atoms with Gasteiger partial charge in [0, 0.05) is 12.1 Å². The molecule has 1 amide bonds. The number of carbonyl (C=O) groups is 1. The second-order valence-corrected chi connectivity index (χ2v) is 5.30. The van der Waals surface area contributed by atoms with E-state index in [0.717, 1.165) is 12.1 Å². The van der Waals surface area contributed by atoms with Crippen LogP contribution in [0.15, 0.2) is 48.5 Å². The highest BCUT2D eigenvalue weighted by Crippen LogP contribution is 2.29. The summed E-state index contributed by atoms with van der Waals surface area (Å²) in [5, 5.41) is 12.5. The van der Waals surface area contributed by atoms with E-state index in [0.29, 0.717) is 23.5 Å². The molecule has 2 N–H and O–H groups in total.